The lowest BCUT2D eigenvalue weighted by Crippen LogP contribution is -2.35. The maximum Gasteiger partial charge on any atom is 0.325 e. The van der Waals surface area contributed by atoms with Gasteiger partial charge in [-0.25, -0.2) is 9.50 Å². The molecular formula is C20H22N4O4. The van der Waals surface area contributed by atoms with Crippen LogP contribution in [0.1, 0.15) is 35.5 Å². The van der Waals surface area contributed by atoms with Crippen LogP contribution < -0.4 is 10.7 Å². The topological polar surface area (TPSA) is 106 Å². The number of carbonyl (C=O) groups is 2. The molecule has 0 radical (unpaired) electrons. The van der Waals surface area contributed by atoms with Gasteiger partial charge in [0.25, 0.3) is 5.91 Å². The Morgan fingerprint density at radius 2 is 1.96 bits per heavy atom. The summed E-state index contributed by atoms with van der Waals surface area (Å²) in [4.78, 5) is 40.8. The summed E-state index contributed by atoms with van der Waals surface area (Å²) in [6.45, 7) is 3.11. The van der Waals surface area contributed by atoms with Crippen molar-refractivity contribution in [3.8, 4) is 0 Å². The molecule has 3 rings (SSSR count). The third-order valence-corrected chi connectivity index (χ3v) is 4.14. The Morgan fingerprint density at radius 1 is 1.21 bits per heavy atom. The predicted molar refractivity (Wildman–Crippen MR) is 103 cm³/mol. The number of nitrogens with one attached hydrogen (secondary N) is 2. The highest BCUT2D eigenvalue weighted by atomic mass is 16.5. The number of carbonyl (C=O) groups excluding carboxylic acids is 2. The summed E-state index contributed by atoms with van der Waals surface area (Å²) in [5.74, 6) is -1.23. The van der Waals surface area contributed by atoms with Crippen molar-refractivity contribution in [3.05, 3.63) is 69.8 Å². The summed E-state index contributed by atoms with van der Waals surface area (Å²) < 4.78 is 6.59. The van der Waals surface area contributed by atoms with Crippen LogP contribution in [0.4, 0.5) is 0 Å². The van der Waals surface area contributed by atoms with Gasteiger partial charge in [-0.15, -0.1) is 0 Å². The Labute approximate surface area is 161 Å². The first-order valence-corrected chi connectivity index (χ1v) is 9.05. The zero-order valence-electron chi connectivity index (χ0n) is 15.8. The van der Waals surface area contributed by atoms with Crippen molar-refractivity contribution in [2.75, 3.05) is 6.54 Å². The number of esters is 1. The summed E-state index contributed by atoms with van der Waals surface area (Å²) in [7, 11) is 0. The second kappa shape index (κ2) is 8.51. The molecule has 0 aliphatic carbocycles. The number of ether oxygens (including phenoxy) is 1. The minimum absolute atomic E-state index is 0.109. The first-order valence-electron chi connectivity index (χ1n) is 9.05. The zero-order valence-corrected chi connectivity index (χ0v) is 15.8. The molecule has 3 aromatic rings. The van der Waals surface area contributed by atoms with Gasteiger partial charge in [-0.05, 0) is 32.3 Å². The molecule has 0 saturated carbocycles. The molecule has 146 valence electrons. The molecule has 0 aliphatic heterocycles. The second-order valence-electron chi connectivity index (χ2n) is 6.63. The number of fused-ring (bicyclic) bond motifs is 1. The van der Waals surface area contributed by atoms with Crippen LogP contribution in [0.5, 0.6) is 0 Å². The molecule has 0 atom stereocenters. The number of pyridine rings is 1. The lowest BCUT2D eigenvalue weighted by molar-refractivity contribution is -0.146. The minimum Gasteiger partial charge on any atom is -0.462 e. The SMILES string of the molecule is CC(C)OC(=O)CNC(=O)c1c(=O)cc(CCc2ccccc2)n2[nH]cnc12. The lowest BCUT2D eigenvalue weighted by atomic mass is 10.1. The molecule has 2 aromatic heterocycles. The van der Waals surface area contributed by atoms with Crippen LogP contribution in [-0.4, -0.2) is 39.1 Å². The number of aromatic amines is 1. The van der Waals surface area contributed by atoms with Gasteiger partial charge in [-0.1, -0.05) is 30.3 Å². The molecule has 0 unspecified atom stereocenters. The van der Waals surface area contributed by atoms with E-state index in [0.717, 1.165) is 17.7 Å². The molecule has 8 heteroatoms. The number of H-pyrrole nitrogens is 1. The molecular weight excluding hydrogens is 360 g/mol. The Morgan fingerprint density at radius 3 is 2.68 bits per heavy atom. The van der Waals surface area contributed by atoms with Crippen LogP contribution in [0.25, 0.3) is 5.65 Å². The monoisotopic (exact) mass is 382 g/mol. The molecule has 2 heterocycles. The standard InChI is InChI=1S/C20H22N4O4/c1-13(2)28-17(26)11-21-20(27)18-16(25)10-15(24-19(18)22-12-23-24)9-8-14-6-4-3-5-7-14/h3-7,10,12-13H,8-9,11H2,1-2H3,(H,21,27)(H,22,23). The summed E-state index contributed by atoms with van der Waals surface area (Å²) >= 11 is 0. The van der Waals surface area contributed by atoms with E-state index >= 15 is 0 Å². The summed E-state index contributed by atoms with van der Waals surface area (Å²) in [5, 5.41) is 5.36. The Bertz CT molecular complexity index is 1040. The average Bonchev–Trinajstić information content (AvgIpc) is 3.14. The van der Waals surface area contributed by atoms with Gasteiger partial charge in [0.2, 0.25) is 0 Å². The van der Waals surface area contributed by atoms with Gasteiger partial charge in [-0.2, -0.15) is 0 Å². The fraction of sp³-hybridized carbons (Fsp3) is 0.300. The first-order chi connectivity index (χ1) is 13.5. The molecule has 0 spiro atoms. The van der Waals surface area contributed by atoms with Crippen LogP contribution in [0, 0.1) is 0 Å². The van der Waals surface area contributed by atoms with E-state index < -0.39 is 17.3 Å². The van der Waals surface area contributed by atoms with Gasteiger partial charge < -0.3 is 10.1 Å². The van der Waals surface area contributed by atoms with Gasteiger partial charge in [-0.3, -0.25) is 19.5 Å². The smallest absolute Gasteiger partial charge is 0.325 e. The third-order valence-electron chi connectivity index (χ3n) is 4.14. The van der Waals surface area contributed by atoms with Crippen LogP contribution in [-0.2, 0) is 22.4 Å². The fourth-order valence-electron chi connectivity index (χ4n) is 2.92. The molecule has 0 fully saturated rings. The Kier molecular flexibility index (Phi) is 5.88. The number of hydrogen-bond donors (Lipinski definition) is 2. The van der Waals surface area contributed by atoms with Crippen molar-refractivity contribution in [2.24, 2.45) is 0 Å². The molecule has 2 N–H and O–H groups in total. The third kappa shape index (κ3) is 4.46. The van der Waals surface area contributed by atoms with Crippen LogP contribution in [0.3, 0.4) is 0 Å². The maximum absolute atomic E-state index is 12.6. The fourth-order valence-corrected chi connectivity index (χ4v) is 2.92. The summed E-state index contributed by atoms with van der Waals surface area (Å²) in [6.07, 6.45) is 2.49. The van der Waals surface area contributed by atoms with Crippen molar-refractivity contribution >= 4 is 17.5 Å². The van der Waals surface area contributed by atoms with E-state index in [0.29, 0.717) is 6.42 Å². The van der Waals surface area contributed by atoms with Crippen LogP contribution in [0.2, 0.25) is 0 Å². The highest BCUT2D eigenvalue weighted by Crippen LogP contribution is 2.10. The molecule has 28 heavy (non-hydrogen) atoms. The maximum atomic E-state index is 12.6. The largest absolute Gasteiger partial charge is 0.462 e. The van der Waals surface area contributed by atoms with Gasteiger partial charge in [0.1, 0.15) is 18.4 Å². The molecule has 1 amide bonds. The average molecular weight is 382 g/mol. The number of amides is 1. The van der Waals surface area contributed by atoms with E-state index in [1.165, 1.54) is 12.4 Å². The van der Waals surface area contributed by atoms with Crippen molar-refractivity contribution in [1.29, 1.82) is 0 Å². The number of nitrogens with zero attached hydrogens (tertiary/aromatic N) is 2. The van der Waals surface area contributed by atoms with Gasteiger partial charge in [0.05, 0.1) is 6.10 Å². The predicted octanol–water partition coefficient (Wildman–Crippen LogP) is 1.49. The number of aromatic nitrogens is 3. The first kappa shape index (κ1) is 19.3. The van der Waals surface area contributed by atoms with Crippen molar-refractivity contribution in [3.63, 3.8) is 0 Å². The number of rotatable bonds is 7. The second-order valence-corrected chi connectivity index (χ2v) is 6.63. The minimum atomic E-state index is -0.662. The van der Waals surface area contributed by atoms with Gasteiger partial charge in [0.15, 0.2) is 11.1 Å². The lowest BCUT2D eigenvalue weighted by Gasteiger charge is -2.10. The Hall–Kier alpha value is -3.42. The number of benzene rings is 1. The van der Waals surface area contributed by atoms with E-state index in [-0.39, 0.29) is 23.9 Å². The Balaban J connectivity index is 1.80. The van der Waals surface area contributed by atoms with E-state index in [1.807, 2.05) is 30.3 Å². The van der Waals surface area contributed by atoms with Gasteiger partial charge in [0, 0.05) is 11.8 Å². The number of aryl methyl sites for hydroxylation is 2. The molecule has 8 nitrogen and oxygen atoms in total. The molecule has 1 aromatic carbocycles. The van der Waals surface area contributed by atoms with Crippen LogP contribution in [0.15, 0.2) is 47.5 Å². The van der Waals surface area contributed by atoms with E-state index in [4.69, 9.17) is 4.74 Å². The normalized spacial score (nSPS) is 11.0. The molecule has 0 saturated heterocycles. The number of hydrogen-bond acceptors (Lipinski definition) is 5. The van der Waals surface area contributed by atoms with Crippen molar-refractivity contribution in [1.82, 2.24) is 19.9 Å². The van der Waals surface area contributed by atoms with E-state index in [2.05, 4.69) is 15.4 Å². The van der Waals surface area contributed by atoms with Crippen LogP contribution >= 0.6 is 0 Å². The molecule has 0 bridgehead atoms. The van der Waals surface area contributed by atoms with Gasteiger partial charge >= 0.3 is 5.97 Å². The van der Waals surface area contributed by atoms with E-state index in [1.54, 1.807) is 18.4 Å². The summed E-state index contributed by atoms with van der Waals surface area (Å²) in [6, 6.07) is 11.3. The quantitative estimate of drug-likeness (QED) is 0.602. The highest BCUT2D eigenvalue weighted by Gasteiger charge is 2.20. The van der Waals surface area contributed by atoms with E-state index in [9.17, 15) is 14.4 Å². The highest BCUT2D eigenvalue weighted by molar-refractivity contribution is 6.00. The van der Waals surface area contributed by atoms with Crippen molar-refractivity contribution < 1.29 is 14.3 Å². The van der Waals surface area contributed by atoms with Crippen molar-refractivity contribution in [2.45, 2.75) is 32.8 Å². The molecule has 0 aliphatic rings. The summed E-state index contributed by atoms with van der Waals surface area (Å²) in [5.41, 5.74) is 1.54. The zero-order chi connectivity index (χ0) is 20.1.